The van der Waals surface area contributed by atoms with E-state index < -0.39 is 5.79 Å². The average molecular weight is 696 g/mol. The lowest BCUT2D eigenvalue weighted by molar-refractivity contribution is -0.190. The van der Waals surface area contributed by atoms with Gasteiger partial charge < -0.3 is 29.5 Å². The molecule has 2 aliphatic heterocycles. The van der Waals surface area contributed by atoms with Gasteiger partial charge in [-0.3, -0.25) is 0 Å². The Morgan fingerprint density at radius 3 is 2.17 bits per heavy atom. The Bertz CT molecular complexity index is 1890. The fraction of sp³-hybridized carbons (Fsp3) is 0.333. The summed E-state index contributed by atoms with van der Waals surface area (Å²) in [4.78, 5) is 21.2. The zero-order chi connectivity index (χ0) is 32.5. The van der Waals surface area contributed by atoms with E-state index in [0.717, 1.165) is 49.0 Å². The molecule has 2 unspecified atom stereocenters. The first-order valence-corrected chi connectivity index (χ1v) is 16.1. The molecule has 15 heteroatoms. The monoisotopic (exact) mass is 694 g/mol. The Kier molecular flexibility index (Phi) is 9.76. The van der Waals surface area contributed by atoms with Crippen molar-refractivity contribution in [2.24, 2.45) is 7.05 Å². The SMILES string of the molecule is Cc1nn(C)c(=O)n1-c1ccc(N2CCN(c3ccc(OCC4COC(Cn5cncn5)(c5ccc(Cl)cc5Cl)O4)cc3)CC2)cc1.O. The fourth-order valence-electron chi connectivity index (χ4n) is 6.15. The summed E-state index contributed by atoms with van der Waals surface area (Å²) in [6, 6.07) is 21.5. The van der Waals surface area contributed by atoms with Crippen molar-refractivity contribution < 1.29 is 19.7 Å². The lowest BCUT2D eigenvalue weighted by Crippen LogP contribution is -2.46. The Hall–Kier alpha value is -4.40. The molecule has 2 saturated heterocycles. The molecule has 2 atom stereocenters. The number of halogens is 2. The van der Waals surface area contributed by atoms with Gasteiger partial charge in [-0.1, -0.05) is 29.3 Å². The summed E-state index contributed by atoms with van der Waals surface area (Å²) in [5.74, 6) is 0.254. The molecule has 0 spiro atoms. The van der Waals surface area contributed by atoms with Gasteiger partial charge in [-0.15, -0.1) is 0 Å². The topological polar surface area (TPSA) is 136 Å². The van der Waals surface area contributed by atoms with Crippen LogP contribution >= 0.6 is 23.2 Å². The van der Waals surface area contributed by atoms with E-state index in [1.165, 1.54) is 11.0 Å². The highest BCUT2D eigenvalue weighted by atomic mass is 35.5. The van der Waals surface area contributed by atoms with Crippen molar-refractivity contribution in [3.05, 3.63) is 111 Å². The molecule has 2 N–H and O–H groups in total. The number of aryl methyl sites for hydroxylation is 2. The number of aromatic nitrogens is 6. The number of ether oxygens (including phenoxy) is 3. The summed E-state index contributed by atoms with van der Waals surface area (Å²) >= 11 is 12.7. The Morgan fingerprint density at radius 2 is 1.58 bits per heavy atom. The van der Waals surface area contributed by atoms with Gasteiger partial charge in [0.05, 0.1) is 17.3 Å². The second-order valence-corrected chi connectivity index (χ2v) is 12.4. The molecule has 5 aromatic rings. The second kappa shape index (κ2) is 14.0. The van der Waals surface area contributed by atoms with E-state index in [9.17, 15) is 4.79 Å². The van der Waals surface area contributed by atoms with Gasteiger partial charge in [0.2, 0.25) is 5.79 Å². The van der Waals surface area contributed by atoms with E-state index in [-0.39, 0.29) is 23.8 Å². The predicted molar refractivity (Wildman–Crippen MR) is 183 cm³/mol. The molecule has 0 aliphatic carbocycles. The van der Waals surface area contributed by atoms with Gasteiger partial charge in [0.15, 0.2) is 0 Å². The van der Waals surface area contributed by atoms with Crippen molar-refractivity contribution in [1.29, 1.82) is 0 Å². The molecule has 2 aromatic heterocycles. The first kappa shape index (κ1) is 33.5. The third-order valence-corrected chi connectivity index (χ3v) is 9.06. The molecule has 0 bridgehead atoms. The molecule has 2 fully saturated rings. The first-order chi connectivity index (χ1) is 22.8. The normalized spacial score (nSPS) is 19.4. The molecule has 48 heavy (non-hydrogen) atoms. The Balaban J connectivity index is 0.00000401. The van der Waals surface area contributed by atoms with E-state index in [2.05, 4.69) is 49.2 Å². The van der Waals surface area contributed by atoms with Crippen LogP contribution in [-0.2, 0) is 28.9 Å². The van der Waals surface area contributed by atoms with Crippen LogP contribution in [0.15, 0.2) is 84.2 Å². The molecule has 2 aliphatic rings. The van der Waals surface area contributed by atoms with Crippen LogP contribution in [0.4, 0.5) is 11.4 Å². The maximum absolute atomic E-state index is 12.4. The molecule has 13 nitrogen and oxygen atoms in total. The molecule has 0 radical (unpaired) electrons. The van der Waals surface area contributed by atoms with Crippen molar-refractivity contribution in [2.75, 3.05) is 49.2 Å². The van der Waals surface area contributed by atoms with Gasteiger partial charge in [-0.25, -0.2) is 23.7 Å². The minimum atomic E-state index is -1.16. The maximum Gasteiger partial charge on any atom is 0.350 e. The maximum atomic E-state index is 12.4. The van der Waals surface area contributed by atoms with Crippen molar-refractivity contribution >= 4 is 34.6 Å². The van der Waals surface area contributed by atoms with Gasteiger partial charge in [0.25, 0.3) is 0 Å². The molecule has 252 valence electrons. The lowest BCUT2D eigenvalue weighted by atomic mass is 10.1. The van der Waals surface area contributed by atoms with Crippen LogP contribution < -0.4 is 20.2 Å². The van der Waals surface area contributed by atoms with Gasteiger partial charge in [0.1, 0.15) is 43.5 Å². The molecule has 3 aromatic carbocycles. The minimum absolute atomic E-state index is 0. The van der Waals surface area contributed by atoms with E-state index >= 15 is 0 Å². The third kappa shape index (κ3) is 6.78. The number of nitrogens with zero attached hydrogens (tertiary/aromatic N) is 8. The van der Waals surface area contributed by atoms with Crippen LogP contribution in [0, 0.1) is 6.92 Å². The largest absolute Gasteiger partial charge is 0.491 e. The van der Waals surface area contributed by atoms with Crippen molar-refractivity contribution in [3.8, 4) is 11.4 Å². The lowest BCUT2D eigenvalue weighted by Gasteiger charge is -2.37. The zero-order valence-corrected chi connectivity index (χ0v) is 28.0. The summed E-state index contributed by atoms with van der Waals surface area (Å²) in [5.41, 5.74) is 3.60. The van der Waals surface area contributed by atoms with Gasteiger partial charge in [-0.2, -0.15) is 10.2 Å². The molecule has 0 amide bonds. The molecular weight excluding hydrogens is 659 g/mol. The molecule has 4 heterocycles. The van der Waals surface area contributed by atoms with Gasteiger partial charge in [0, 0.05) is 55.2 Å². The average Bonchev–Trinajstić information content (AvgIpc) is 3.80. The summed E-state index contributed by atoms with van der Waals surface area (Å²) in [7, 11) is 1.66. The van der Waals surface area contributed by atoms with E-state index in [4.69, 9.17) is 37.4 Å². The van der Waals surface area contributed by atoms with E-state index in [1.807, 2.05) is 37.3 Å². The highest BCUT2D eigenvalue weighted by Crippen LogP contribution is 2.40. The first-order valence-electron chi connectivity index (χ1n) is 15.3. The quantitative estimate of drug-likeness (QED) is 0.227. The number of hydrogen-bond acceptors (Lipinski definition) is 9. The third-order valence-electron chi connectivity index (χ3n) is 8.51. The summed E-state index contributed by atoms with van der Waals surface area (Å²) < 4.78 is 23.5. The van der Waals surface area contributed by atoms with Crippen molar-refractivity contribution in [3.63, 3.8) is 0 Å². The van der Waals surface area contributed by atoms with Crippen molar-refractivity contribution in [1.82, 2.24) is 29.1 Å². The van der Waals surface area contributed by atoms with Crippen molar-refractivity contribution in [2.45, 2.75) is 25.4 Å². The molecule has 0 saturated carbocycles. The smallest absolute Gasteiger partial charge is 0.350 e. The molecular formula is C33H36Cl2N8O5. The number of anilines is 2. The second-order valence-electron chi connectivity index (χ2n) is 11.6. The summed E-state index contributed by atoms with van der Waals surface area (Å²) in [5, 5.41) is 9.42. The standard InChI is InChI=1S/C33H34Cl2N8O4.H2O/c1-23-38-39(2)32(44)43(23)27-6-4-25(5-7-27)40-13-15-41(16-14-40)26-8-10-28(11-9-26)45-18-29-19-46-33(47-29,20-42-22-36-21-37-42)30-12-3-24(34)17-31(30)35;/h3-12,17,21-22,29H,13-16,18-20H2,1-2H3;1H2. The van der Waals surface area contributed by atoms with E-state index in [0.29, 0.717) is 34.6 Å². The van der Waals surface area contributed by atoms with Gasteiger partial charge >= 0.3 is 5.69 Å². The van der Waals surface area contributed by atoms with Crippen LogP contribution in [0.1, 0.15) is 11.4 Å². The van der Waals surface area contributed by atoms with Crippen LogP contribution in [0.5, 0.6) is 5.75 Å². The van der Waals surface area contributed by atoms with E-state index in [1.54, 1.807) is 34.8 Å². The van der Waals surface area contributed by atoms with Crippen LogP contribution in [-0.4, -0.2) is 80.1 Å². The highest BCUT2D eigenvalue weighted by Gasteiger charge is 2.45. The summed E-state index contributed by atoms with van der Waals surface area (Å²) in [6.45, 7) is 6.27. The number of rotatable bonds is 9. The Morgan fingerprint density at radius 1 is 0.938 bits per heavy atom. The van der Waals surface area contributed by atoms with Gasteiger partial charge in [-0.05, 0) is 67.6 Å². The van der Waals surface area contributed by atoms with Crippen LogP contribution in [0.3, 0.4) is 0 Å². The Labute approximate surface area is 287 Å². The zero-order valence-electron chi connectivity index (χ0n) is 26.5. The van der Waals surface area contributed by atoms with Crippen LogP contribution in [0.25, 0.3) is 5.69 Å². The minimum Gasteiger partial charge on any atom is -0.491 e. The summed E-state index contributed by atoms with van der Waals surface area (Å²) in [6.07, 6.45) is 2.74. The number of piperazine rings is 1. The number of benzene rings is 3. The van der Waals surface area contributed by atoms with Crippen LogP contribution in [0.2, 0.25) is 10.0 Å². The number of hydrogen-bond donors (Lipinski definition) is 0. The predicted octanol–water partition coefficient (Wildman–Crippen LogP) is 3.63. The highest BCUT2D eigenvalue weighted by molar-refractivity contribution is 6.35. The molecule has 7 rings (SSSR count). The fourth-order valence-corrected chi connectivity index (χ4v) is 6.70.